The van der Waals surface area contributed by atoms with Crippen molar-refractivity contribution in [2.75, 3.05) is 0 Å². The van der Waals surface area contributed by atoms with E-state index in [1.54, 1.807) is 6.08 Å². The number of hydrogen-bond acceptors (Lipinski definition) is 2. The molecule has 1 rings (SSSR count). The van der Waals surface area contributed by atoms with Crippen LogP contribution in [-0.4, -0.2) is 0 Å². The topological polar surface area (TPSA) is 47.6 Å². The van der Waals surface area contributed by atoms with E-state index in [9.17, 15) is 0 Å². The number of allylic oxidation sites excluding steroid dienone is 6. The fourth-order valence-electron chi connectivity index (χ4n) is 0.997. The van der Waals surface area contributed by atoms with Crippen molar-refractivity contribution in [3.05, 3.63) is 35.5 Å². The molecule has 0 atom stereocenters. The number of nitrogens with zero attached hydrogens (tertiary/aromatic N) is 2. The molecule has 0 saturated heterocycles. The van der Waals surface area contributed by atoms with Gasteiger partial charge in [-0.05, 0) is 24.5 Å². The molecule has 0 aliphatic heterocycles. The second-order valence-corrected chi connectivity index (χ2v) is 2.47. The molecule has 2 nitrogen and oxygen atoms in total. The van der Waals surface area contributed by atoms with Crippen molar-refractivity contribution in [3.63, 3.8) is 0 Å². The van der Waals surface area contributed by atoms with Crippen molar-refractivity contribution in [1.82, 2.24) is 0 Å². The highest BCUT2D eigenvalue weighted by molar-refractivity contribution is 5.45. The zero-order valence-electron chi connectivity index (χ0n) is 6.62. The maximum Gasteiger partial charge on any atom is 0.130 e. The molecule has 0 aromatic rings. The second kappa shape index (κ2) is 4.16. The van der Waals surface area contributed by atoms with Gasteiger partial charge in [-0.15, -0.1) is 0 Å². The van der Waals surface area contributed by atoms with Crippen LogP contribution in [0.15, 0.2) is 35.5 Å². The maximum absolute atomic E-state index is 8.46. The molecule has 2 heteroatoms. The molecule has 0 aromatic carbocycles. The van der Waals surface area contributed by atoms with Crippen LogP contribution in [0.5, 0.6) is 0 Å². The molecule has 0 radical (unpaired) electrons. The lowest BCUT2D eigenvalue weighted by atomic mass is 10.1. The predicted molar refractivity (Wildman–Crippen MR) is 45.8 cm³/mol. The molecule has 0 saturated carbocycles. The SMILES string of the molecule is N#CC(C#N)=CC1=CCCC=C1. The Hall–Kier alpha value is -1.80. The van der Waals surface area contributed by atoms with Gasteiger partial charge in [0.15, 0.2) is 0 Å². The third kappa shape index (κ3) is 2.11. The van der Waals surface area contributed by atoms with Gasteiger partial charge in [0.1, 0.15) is 17.7 Å². The molecular weight excluding hydrogens is 148 g/mol. The lowest BCUT2D eigenvalue weighted by molar-refractivity contribution is 1.02. The molecule has 0 spiro atoms. The van der Waals surface area contributed by atoms with Gasteiger partial charge in [-0.25, -0.2) is 0 Å². The molecule has 1 aliphatic carbocycles. The van der Waals surface area contributed by atoms with Gasteiger partial charge in [-0.2, -0.15) is 10.5 Å². The lowest BCUT2D eigenvalue weighted by Gasteiger charge is -1.99. The average molecular weight is 156 g/mol. The van der Waals surface area contributed by atoms with Crippen LogP contribution in [0.4, 0.5) is 0 Å². The molecule has 0 N–H and O–H groups in total. The minimum atomic E-state index is 0.160. The van der Waals surface area contributed by atoms with Gasteiger partial charge in [0.2, 0.25) is 0 Å². The zero-order valence-corrected chi connectivity index (χ0v) is 6.62. The average Bonchev–Trinajstić information content (AvgIpc) is 2.16. The Labute approximate surface area is 71.7 Å². The Bertz CT molecular complexity index is 316. The van der Waals surface area contributed by atoms with Gasteiger partial charge in [0, 0.05) is 0 Å². The fraction of sp³-hybridized carbons (Fsp3) is 0.200. The minimum absolute atomic E-state index is 0.160. The first-order chi connectivity index (χ1) is 5.86. The summed E-state index contributed by atoms with van der Waals surface area (Å²) in [4.78, 5) is 0. The summed E-state index contributed by atoms with van der Waals surface area (Å²) in [6.45, 7) is 0. The Morgan fingerprint density at radius 2 is 2.08 bits per heavy atom. The van der Waals surface area contributed by atoms with E-state index < -0.39 is 0 Å². The van der Waals surface area contributed by atoms with Gasteiger partial charge < -0.3 is 0 Å². The quantitative estimate of drug-likeness (QED) is 0.546. The fourth-order valence-corrected chi connectivity index (χ4v) is 0.997. The van der Waals surface area contributed by atoms with Crippen LogP contribution in [0.25, 0.3) is 0 Å². The molecular formula is C10H8N2. The summed E-state index contributed by atoms with van der Waals surface area (Å²) in [6.07, 6.45) is 9.64. The first kappa shape index (κ1) is 8.30. The van der Waals surface area contributed by atoms with Gasteiger partial charge in [-0.3, -0.25) is 0 Å². The summed E-state index contributed by atoms with van der Waals surface area (Å²) < 4.78 is 0. The molecule has 0 fully saturated rings. The summed E-state index contributed by atoms with van der Waals surface area (Å²) in [7, 11) is 0. The third-order valence-corrected chi connectivity index (χ3v) is 1.58. The van der Waals surface area contributed by atoms with Crippen molar-refractivity contribution in [2.45, 2.75) is 12.8 Å². The first-order valence-electron chi connectivity index (χ1n) is 3.75. The number of nitriles is 2. The van der Waals surface area contributed by atoms with Gasteiger partial charge in [-0.1, -0.05) is 18.2 Å². The van der Waals surface area contributed by atoms with E-state index in [0.29, 0.717) is 0 Å². The third-order valence-electron chi connectivity index (χ3n) is 1.58. The van der Waals surface area contributed by atoms with Crippen molar-refractivity contribution in [2.24, 2.45) is 0 Å². The maximum atomic E-state index is 8.46. The standard InChI is InChI=1S/C10H8N2/c11-7-10(8-12)6-9-4-2-1-3-5-9/h2,4-6H,1,3H2. The molecule has 0 aromatic heterocycles. The normalized spacial score (nSPS) is 14.0. The molecule has 0 bridgehead atoms. The van der Waals surface area contributed by atoms with E-state index in [-0.39, 0.29) is 5.57 Å². The van der Waals surface area contributed by atoms with Crippen LogP contribution in [0.3, 0.4) is 0 Å². The summed E-state index contributed by atoms with van der Waals surface area (Å²) in [5.41, 5.74) is 1.12. The molecule has 0 heterocycles. The van der Waals surface area contributed by atoms with E-state index in [2.05, 4.69) is 0 Å². The van der Waals surface area contributed by atoms with E-state index >= 15 is 0 Å². The Balaban J connectivity index is 2.81. The lowest BCUT2D eigenvalue weighted by Crippen LogP contribution is -1.82. The highest BCUT2D eigenvalue weighted by atomic mass is 14.3. The predicted octanol–water partition coefficient (Wildman–Crippen LogP) is 2.24. The zero-order chi connectivity index (χ0) is 8.81. The first-order valence-corrected chi connectivity index (χ1v) is 3.75. The number of hydrogen-bond donors (Lipinski definition) is 0. The van der Waals surface area contributed by atoms with Gasteiger partial charge in [0.25, 0.3) is 0 Å². The van der Waals surface area contributed by atoms with E-state index in [4.69, 9.17) is 10.5 Å². The summed E-state index contributed by atoms with van der Waals surface area (Å²) >= 11 is 0. The highest BCUT2D eigenvalue weighted by Gasteiger charge is 1.96. The van der Waals surface area contributed by atoms with E-state index in [0.717, 1.165) is 18.4 Å². The van der Waals surface area contributed by atoms with Crippen LogP contribution in [0.1, 0.15) is 12.8 Å². The molecule has 58 valence electrons. The van der Waals surface area contributed by atoms with Crippen LogP contribution in [0.2, 0.25) is 0 Å². The highest BCUT2D eigenvalue weighted by Crippen LogP contribution is 2.11. The van der Waals surface area contributed by atoms with Crippen molar-refractivity contribution < 1.29 is 0 Å². The smallest absolute Gasteiger partial charge is 0.130 e. The molecule has 1 aliphatic rings. The molecule has 0 amide bonds. The van der Waals surface area contributed by atoms with Crippen LogP contribution < -0.4 is 0 Å². The van der Waals surface area contributed by atoms with Crippen LogP contribution in [0, 0.1) is 22.7 Å². The van der Waals surface area contributed by atoms with Crippen molar-refractivity contribution >= 4 is 0 Å². The van der Waals surface area contributed by atoms with Gasteiger partial charge in [0.05, 0.1) is 0 Å². The van der Waals surface area contributed by atoms with E-state index in [1.807, 2.05) is 30.4 Å². The van der Waals surface area contributed by atoms with E-state index in [1.165, 1.54) is 0 Å². The van der Waals surface area contributed by atoms with Crippen molar-refractivity contribution in [3.8, 4) is 12.1 Å². The second-order valence-electron chi connectivity index (χ2n) is 2.47. The summed E-state index contributed by atoms with van der Waals surface area (Å²) in [6, 6.07) is 3.65. The molecule has 0 unspecified atom stereocenters. The number of rotatable bonds is 1. The summed E-state index contributed by atoms with van der Waals surface area (Å²) in [5.74, 6) is 0. The van der Waals surface area contributed by atoms with Crippen LogP contribution >= 0.6 is 0 Å². The largest absolute Gasteiger partial charge is 0.192 e. The summed E-state index contributed by atoms with van der Waals surface area (Å²) in [5, 5.41) is 16.9. The Kier molecular flexibility index (Phi) is 2.87. The Morgan fingerprint density at radius 1 is 1.33 bits per heavy atom. The van der Waals surface area contributed by atoms with Crippen LogP contribution in [-0.2, 0) is 0 Å². The monoisotopic (exact) mass is 156 g/mol. The Morgan fingerprint density at radius 3 is 2.58 bits per heavy atom. The van der Waals surface area contributed by atoms with Gasteiger partial charge >= 0.3 is 0 Å². The van der Waals surface area contributed by atoms with Crippen molar-refractivity contribution in [1.29, 1.82) is 10.5 Å². The molecule has 12 heavy (non-hydrogen) atoms. The minimum Gasteiger partial charge on any atom is -0.192 e.